The second-order valence-electron chi connectivity index (χ2n) is 6.50. The van der Waals surface area contributed by atoms with Gasteiger partial charge in [0.15, 0.2) is 0 Å². The smallest absolute Gasteiger partial charge is 0.224 e. The minimum Gasteiger partial charge on any atom is -0.494 e. The molecule has 1 unspecified atom stereocenters. The molecule has 1 aromatic carbocycles. The van der Waals surface area contributed by atoms with Crippen molar-refractivity contribution in [3.8, 4) is 5.75 Å². The van der Waals surface area contributed by atoms with E-state index in [1.54, 1.807) is 0 Å². The van der Waals surface area contributed by atoms with Gasteiger partial charge in [0.25, 0.3) is 0 Å². The number of fused-ring (bicyclic) bond motifs is 1. The number of nitrogens with one attached hydrogen (secondary N) is 1. The molecular formula is C20H26N2O2S. The molecule has 1 aromatic heterocycles. The first kappa shape index (κ1) is 18.0. The number of rotatable bonds is 7. The van der Waals surface area contributed by atoms with Crippen LogP contribution < -0.4 is 10.1 Å². The number of carbonyl (C=O) groups excluding carboxylic acids is 1. The predicted octanol–water partition coefficient (Wildman–Crippen LogP) is 3.25. The first-order valence-corrected chi connectivity index (χ1v) is 9.81. The molecule has 1 aliphatic heterocycles. The first-order valence-electron chi connectivity index (χ1n) is 8.93. The third-order valence-electron chi connectivity index (χ3n) is 4.65. The van der Waals surface area contributed by atoms with Crippen LogP contribution in [0, 0.1) is 0 Å². The highest BCUT2D eigenvalue weighted by Gasteiger charge is 2.21. The Hall–Kier alpha value is -1.85. The van der Waals surface area contributed by atoms with E-state index in [0.29, 0.717) is 25.6 Å². The number of hydrogen-bond donors (Lipinski definition) is 1. The summed E-state index contributed by atoms with van der Waals surface area (Å²) in [6, 6.07) is 10.3. The number of hydrogen-bond acceptors (Lipinski definition) is 4. The Morgan fingerprint density at radius 1 is 1.32 bits per heavy atom. The van der Waals surface area contributed by atoms with Crippen LogP contribution in [0.1, 0.15) is 29.9 Å². The Morgan fingerprint density at radius 3 is 2.88 bits per heavy atom. The molecular weight excluding hydrogens is 332 g/mol. The lowest BCUT2D eigenvalue weighted by Gasteiger charge is -2.32. The molecule has 0 radical (unpaired) electrons. The molecule has 0 bridgehead atoms. The van der Waals surface area contributed by atoms with E-state index in [2.05, 4.69) is 28.6 Å². The van der Waals surface area contributed by atoms with Crippen molar-refractivity contribution in [3.05, 3.63) is 51.7 Å². The van der Waals surface area contributed by atoms with E-state index in [4.69, 9.17) is 4.74 Å². The van der Waals surface area contributed by atoms with E-state index >= 15 is 0 Å². The van der Waals surface area contributed by atoms with Crippen molar-refractivity contribution in [3.63, 3.8) is 0 Å². The summed E-state index contributed by atoms with van der Waals surface area (Å²) < 4.78 is 5.43. The Morgan fingerprint density at radius 2 is 2.12 bits per heavy atom. The maximum absolute atomic E-state index is 12.2. The summed E-state index contributed by atoms with van der Waals surface area (Å²) in [6.45, 7) is 7.56. The number of nitrogens with zero attached hydrogens (tertiary/aromatic N) is 1. The number of carbonyl (C=O) groups is 1. The Balaban J connectivity index is 1.44. The summed E-state index contributed by atoms with van der Waals surface area (Å²) in [4.78, 5) is 16.2. The molecule has 2 heterocycles. The molecule has 4 nitrogen and oxygen atoms in total. The molecule has 0 spiro atoms. The van der Waals surface area contributed by atoms with Gasteiger partial charge in [0, 0.05) is 30.6 Å². The maximum atomic E-state index is 12.2. The summed E-state index contributed by atoms with van der Waals surface area (Å²) in [6.07, 6.45) is 1.53. The molecule has 1 amide bonds. The molecule has 0 fully saturated rings. The lowest BCUT2D eigenvalue weighted by atomic mass is 10.1. The zero-order valence-corrected chi connectivity index (χ0v) is 15.8. The van der Waals surface area contributed by atoms with Gasteiger partial charge in [0.05, 0.1) is 13.0 Å². The number of thiophene rings is 1. The lowest BCUT2D eigenvalue weighted by Crippen LogP contribution is -2.44. The van der Waals surface area contributed by atoms with Crippen molar-refractivity contribution in [2.24, 2.45) is 0 Å². The Kier molecular flexibility index (Phi) is 6.10. The molecule has 0 saturated heterocycles. The van der Waals surface area contributed by atoms with E-state index in [0.717, 1.165) is 30.8 Å². The average Bonchev–Trinajstić information content (AvgIpc) is 3.09. The summed E-state index contributed by atoms with van der Waals surface area (Å²) in [5, 5.41) is 5.25. The quantitative estimate of drug-likeness (QED) is 0.826. The summed E-state index contributed by atoms with van der Waals surface area (Å²) in [5.41, 5.74) is 2.46. The van der Waals surface area contributed by atoms with Crippen LogP contribution in [0.5, 0.6) is 5.75 Å². The summed E-state index contributed by atoms with van der Waals surface area (Å²) in [5.74, 6) is 0.919. The van der Waals surface area contributed by atoms with E-state index < -0.39 is 0 Å². The van der Waals surface area contributed by atoms with Crippen LogP contribution in [-0.2, 0) is 24.2 Å². The van der Waals surface area contributed by atoms with Crippen molar-refractivity contribution in [2.75, 3.05) is 19.7 Å². The van der Waals surface area contributed by atoms with Gasteiger partial charge in [0.2, 0.25) is 5.91 Å². The molecule has 134 valence electrons. The van der Waals surface area contributed by atoms with Gasteiger partial charge in [-0.25, -0.2) is 0 Å². The fourth-order valence-electron chi connectivity index (χ4n) is 3.16. The second kappa shape index (κ2) is 8.50. The van der Waals surface area contributed by atoms with Gasteiger partial charge >= 0.3 is 0 Å². The third-order valence-corrected chi connectivity index (χ3v) is 5.68. The van der Waals surface area contributed by atoms with Crippen LogP contribution in [0.4, 0.5) is 0 Å². The number of ether oxygens (including phenoxy) is 1. The third kappa shape index (κ3) is 4.83. The molecule has 0 aliphatic carbocycles. The van der Waals surface area contributed by atoms with Gasteiger partial charge < -0.3 is 10.1 Å². The molecule has 0 saturated carbocycles. The molecule has 1 N–H and O–H groups in total. The standard InChI is InChI=1S/C20H26N2O2S/c1-3-24-18-6-4-16(5-7-18)12-20(23)21-13-15(2)22-10-8-19-17(14-22)9-11-25-19/h4-7,9,11,15H,3,8,10,12-14H2,1-2H3,(H,21,23). The van der Waals surface area contributed by atoms with E-state index in [9.17, 15) is 4.79 Å². The van der Waals surface area contributed by atoms with E-state index in [1.165, 1.54) is 10.4 Å². The normalized spacial score (nSPS) is 15.4. The SMILES string of the molecule is CCOc1ccc(CC(=O)NCC(C)N2CCc3sccc3C2)cc1. The van der Waals surface area contributed by atoms with E-state index in [-0.39, 0.29) is 5.91 Å². The highest BCUT2D eigenvalue weighted by molar-refractivity contribution is 7.10. The van der Waals surface area contributed by atoms with Crippen LogP contribution >= 0.6 is 11.3 Å². The molecule has 1 aliphatic rings. The summed E-state index contributed by atoms with van der Waals surface area (Å²) in [7, 11) is 0. The maximum Gasteiger partial charge on any atom is 0.224 e. The fourth-order valence-corrected chi connectivity index (χ4v) is 4.04. The number of benzene rings is 1. The molecule has 25 heavy (non-hydrogen) atoms. The van der Waals surface area contributed by atoms with Crippen molar-refractivity contribution in [2.45, 2.75) is 39.3 Å². The molecule has 5 heteroatoms. The highest BCUT2D eigenvalue weighted by atomic mass is 32.1. The Labute approximate surface area is 153 Å². The number of amides is 1. The van der Waals surface area contributed by atoms with Gasteiger partial charge in [-0.2, -0.15) is 0 Å². The second-order valence-corrected chi connectivity index (χ2v) is 7.50. The van der Waals surface area contributed by atoms with Gasteiger partial charge in [-0.05, 0) is 55.0 Å². The van der Waals surface area contributed by atoms with Crippen molar-refractivity contribution in [1.29, 1.82) is 0 Å². The molecule has 3 rings (SSSR count). The zero-order chi connectivity index (χ0) is 17.6. The lowest BCUT2D eigenvalue weighted by molar-refractivity contribution is -0.120. The topological polar surface area (TPSA) is 41.6 Å². The molecule has 1 atom stereocenters. The van der Waals surface area contributed by atoms with Crippen molar-refractivity contribution in [1.82, 2.24) is 10.2 Å². The predicted molar refractivity (Wildman–Crippen MR) is 102 cm³/mol. The van der Waals surface area contributed by atoms with Crippen LogP contribution in [0.25, 0.3) is 0 Å². The fraction of sp³-hybridized carbons (Fsp3) is 0.450. The minimum absolute atomic E-state index is 0.0734. The molecule has 2 aromatic rings. The highest BCUT2D eigenvalue weighted by Crippen LogP contribution is 2.25. The largest absolute Gasteiger partial charge is 0.494 e. The van der Waals surface area contributed by atoms with Crippen molar-refractivity contribution < 1.29 is 9.53 Å². The zero-order valence-electron chi connectivity index (χ0n) is 15.0. The van der Waals surface area contributed by atoms with Crippen LogP contribution in [0.15, 0.2) is 35.7 Å². The summed E-state index contributed by atoms with van der Waals surface area (Å²) >= 11 is 1.86. The first-order chi connectivity index (χ1) is 12.2. The van der Waals surface area contributed by atoms with Gasteiger partial charge in [-0.3, -0.25) is 9.69 Å². The van der Waals surface area contributed by atoms with Gasteiger partial charge in [0.1, 0.15) is 5.75 Å². The van der Waals surface area contributed by atoms with Gasteiger partial charge in [-0.15, -0.1) is 11.3 Å². The van der Waals surface area contributed by atoms with Crippen LogP contribution in [0.2, 0.25) is 0 Å². The van der Waals surface area contributed by atoms with Crippen LogP contribution in [0.3, 0.4) is 0 Å². The van der Waals surface area contributed by atoms with Crippen molar-refractivity contribution >= 4 is 17.2 Å². The van der Waals surface area contributed by atoms with E-state index in [1.807, 2.05) is 42.5 Å². The van der Waals surface area contributed by atoms with Crippen LogP contribution in [-0.4, -0.2) is 36.5 Å². The minimum atomic E-state index is 0.0734. The van der Waals surface area contributed by atoms with Gasteiger partial charge in [-0.1, -0.05) is 12.1 Å². The average molecular weight is 359 g/mol. The monoisotopic (exact) mass is 358 g/mol. The Bertz CT molecular complexity index is 696.